The van der Waals surface area contributed by atoms with Crippen molar-refractivity contribution in [3.05, 3.63) is 59.7 Å². The fourth-order valence-corrected chi connectivity index (χ4v) is 3.59. The molecule has 0 aliphatic carbocycles. The predicted molar refractivity (Wildman–Crippen MR) is 114 cm³/mol. The molecule has 1 aliphatic rings. The van der Waals surface area contributed by atoms with Crippen molar-refractivity contribution < 1.29 is 19.1 Å². The highest BCUT2D eigenvalue weighted by Gasteiger charge is 2.44. The topological polar surface area (TPSA) is 128 Å². The minimum Gasteiger partial charge on any atom is -0.445 e. The van der Waals surface area contributed by atoms with E-state index >= 15 is 0 Å². The lowest BCUT2D eigenvalue weighted by Crippen LogP contribution is -2.59. The van der Waals surface area contributed by atoms with Gasteiger partial charge >= 0.3 is 6.09 Å². The van der Waals surface area contributed by atoms with Crippen LogP contribution in [0.1, 0.15) is 42.1 Å². The van der Waals surface area contributed by atoms with Crippen molar-refractivity contribution in [2.75, 3.05) is 17.6 Å². The van der Waals surface area contributed by atoms with Gasteiger partial charge in [0.1, 0.15) is 12.1 Å². The molecule has 1 aliphatic heterocycles. The Bertz CT molecular complexity index is 947. The van der Waals surface area contributed by atoms with Crippen LogP contribution in [-0.2, 0) is 16.1 Å². The van der Waals surface area contributed by atoms with Crippen molar-refractivity contribution in [1.29, 1.82) is 0 Å². The molecule has 5 N–H and O–H groups in total. The quantitative estimate of drug-likeness (QED) is 0.653. The van der Waals surface area contributed by atoms with E-state index < -0.39 is 23.4 Å². The molecule has 3 rings (SSSR count). The number of benzene rings is 2. The molecular formula is C22H26N4O4. The number of nitrogen functional groups attached to an aromatic ring is 1. The molecule has 158 valence electrons. The highest BCUT2D eigenvalue weighted by atomic mass is 16.6. The minimum atomic E-state index is -1.11. The maximum atomic E-state index is 13.2. The lowest BCUT2D eigenvalue weighted by Gasteiger charge is -2.42. The van der Waals surface area contributed by atoms with Crippen LogP contribution in [0.2, 0.25) is 0 Å². The zero-order chi connectivity index (χ0) is 21.7. The van der Waals surface area contributed by atoms with E-state index in [1.54, 1.807) is 19.1 Å². The number of carbonyl (C=O) groups excluding carboxylic acids is 3. The number of ether oxygens (including phenoxy) is 1. The third-order valence-electron chi connectivity index (χ3n) is 5.43. The second-order valence-corrected chi connectivity index (χ2v) is 7.51. The zero-order valence-corrected chi connectivity index (χ0v) is 16.9. The van der Waals surface area contributed by atoms with Gasteiger partial charge in [0.2, 0.25) is 5.91 Å². The predicted octanol–water partition coefficient (Wildman–Crippen LogP) is 2.89. The fourth-order valence-electron chi connectivity index (χ4n) is 3.59. The van der Waals surface area contributed by atoms with Crippen LogP contribution in [0.3, 0.4) is 0 Å². The third-order valence-corrected chi connectivity index (χ3v) is 5.43. The second-order valence-electron chi connectivity index (χ2n) is 7.51. The molecule has 1 heterocycles. The molecular weight excluding hydrogens is 384 g/mol. The number of piperidine rings is 1. The summed E-state index contributed by atoms with van der Waals surface area (Å²) in [6.45, 7) is 2.25. The average molecular weight is 410 g/mol. The van der Waals surface area contributed by atoms with Crippen LogP contribution in [0.15, 0.2) is 48.5 Å². The summed E-state index contributed by atoms with van der Waals surface area (Å²) < 4.78 is 5.46. The van der Waals surface area contributed by atoms with Gasteiger partial charge in [-0.15, -0.1) is 0 Å². The summed E-state index contributed by atoms with van der Waals surface area (Å²) in [6.07, 6.45) is 1.51. The van der Waals surface area contributed by atoms with Gasteiger partial charge < -0.3 is 21.5 Å². The van der Waals surface area contributed by atoms with Crippen molar-refractivity contribution in [1.82, 2.24) is 4.90 Å². The molecule has 1 saturated heterocycles. The molecule has 8 nitrogen and oxygen atoms in total. The molecule has 0 saturated carbocycles. The lowest BCUT2D eigenvalue weighted by atomic mass is 9.87. The summed E-state index contributed by atoms with van der Waals surface area (Å²) >= 11 is 0. The van der Waals surface area contributed by atoms with Crippen LogP contribution >= 0.6 is 0 Å². The highest BCUT2D eigenvalue weighted by Crippen LogP contribution is 2.31. The standard InChI is InChI=1S/C22H26N4O4/c1-22(20(28)25-17-11-7-10-16(18(17)23)19(24)27)12-5-6-13-26(22)21(29)30-14-15-8-3-2-4-9-15/h2-4,7-11H,5-6,12-14,23H2,1H3,(H2,24,27)(H,25,28). The number of nitrogens with two attached hydrogens (primary N) is 2. The Hall–Kier alpha value is -3.55. The summed E-state index contributed by atoms with van der Waals surface area (Å²) in [5.41, 5.74) is 11.6. The van der Waals surface area contributed by atoms with Crippen molar-refractivity contribution >= 4 is 29.3 Å². The Labute approximate surface area is 175 Å². The number of carbonyl (C=O) groups is 3. The van der Waals surface area contributed by atoms with Crippen LogP contribution in [-0.4, -0.2) is 34.9 Å². The molecule has 2 aromatic rings. The fraction of sp³-hybridized carbons (Fsp3) is 0.318. The molecule has 0 aromatic heterocycles. The maximum absolute atomic E-state index is 13.2. The Morgan fingerprint density at radius 3 is 2.53 bits per heavy atom. The van der Waals surface area contributed by atoms with Crippen molar-refractivity contribution in [2.24, 2.45) is 5.73 Å². The number of hydrogen-bond donors (Lipinski definition) is 3. The van der Waals surface area contributed by atoms with Gasteiger partial charge in [-0.25, -0.2) is 4.79 Å². The van der Waals surface area contributed by atoms with Gasteiger partial charge in [-0.1, -0.05) is 36.4 Å². The van der Waals surface area contributed by atoms with Gasteiger partial charge in [0.25, 0.3) is 5.91 Å². The summed E-state index contributed by atoms with van der Waals surface area (Å²) in [6, 6.07) is 14.0. The number of hydrogen-bond acceptors (Lipinski definition) is 5. The van der Waals surface area contributed by atoms with Gasteiger partial charge in [-0.3, -0.25) is 14.5 Å². The smallest absolute Gasteiger partial charge is 0.410 e. The number of para-hydroxylation sites is 1. The highest BCUT2D eigenvalue weighted by molar-refractivity contribution is 6.06. The second kappa shape index (κ2) is 8.86. The van der Waals surface area contributed by atoms with Crippen molar-refractivity contribution in [2.45, 2.75) is 38.3 Å². The van der Waals surface area contributed by atoms with E-state index in [9.17, 15) is 14.4 Å². The summed E-state index contributed by atoms with van der Waals surface area (Å²) in [5.74, 6) is -1.08. The summed E-state index contributed by atoms with van der Waals surface area (Å²) in [5, 5.41) is 2.75. The minimum absolute atomic E-state index is 0.0935. The Kier molecular flexibility index (Phi) is 6.25. The number of anilines is 2. The molecule has 1 atom stereocenters. The Balaban J connectivity index is 1.76. The monoisotopic (exact) mass is 410 g/mol. The van der Waals surface area contributed by atoms with E-state index in [1.807, 2.05) is 30.3 Å². The maximum Gasteiger partial charge on any atom is 0.410 e. The first-order chi connectivity index (χ1) is 14.3. The van der Waals surface area contributed by atoms with Crippen LogP contribution in [0.4, 0.5) is 16.2 Å². The summed E-state index contributed by atoms with van der Waals surface area (Å²) in [7, 11) is 0. The van der Waals surface area contributed by atoms with Gasteiger partial charge in [-0.05, 0) is 43.9 Å². The van der Waals surface area contributed by atoms with Gasteiger partial charge in [0.05, 0.1) is 16.9 Å². The van der Waals surface area contributed by atoms with E-state index in [1.165, 1.54) is 11.0 Å². The number of rotatable bonds is 5. The molecule has 30 heavy (non-hydrogen) atoms. The number of nitrogens with zero attached hydrogens (tertiary/aromatic N) is 1. The summed E-state index contributed by atoms with van der Waals surface area (Å²) in [4.78, 5) is 38.9. The van der Waals surface area contributed by atoms with E-state index in [4.69, 9.17) is 16.2 Å². The zero-order valence-electron chi connectivity index (χ0n) is 16.9. The number of primary amides is 1. The number of amides is 3. The van der Waals surface area contributed by atoms with Crippen LogP contribution < -0.4 is 16.8 Å². The van der Waals surface area contributed by atoms with Crippen molar-refractivity contribution in [3.8, 4) is 0 Å². The van der Waals surface area contributed by atoms with Crippen LogP contribution in [0.5, 0.6) is 0 Å². The molecule has 1 unspecified atom stereocenters. The molecule has 0 bridgehead atoms. The molecule has 0 spiro atoms. The average Bonchev–Trinajstić information content (AvgIpc) is 2.74. The lowest BCUT2D eigenvalue weighted by molar-refractivity contribution is -0.128. The molecule has 8 heteroatoms. The third kappa shape index (κ3) is 4.37. The normalized spacial score (nSPS) is 18.5. The molecule has 3 amide bonds. The number of nitrogens with one attached hydrogen (secondary N) is 1. The Morgan fingerprint density at radius 1 is 1.10 bits per heavy atom. The molecule has 0 radical (unpaired) electrons. The molecule has 1 fully saturated rings. The largest absolute Gasteiger partial charge is 0.445 e. The first-order valence-electron chi connectivity index (χ1n) is 9.81. The SMILES string of the molecule is CC1(C(=O)Nc2cccc(C(N)=O)c2N)CCCCN1C(=O)OCc1ccccc1. The van der Waals surface area contributed by atoms with E-state index in [0.29, 0.717) is 13.0 Å². The van der Waals surface area contributed by atoms with E-state index in [-0.39, 0.29) is 23.5 Å². The van der Waals surface area contributed by atoms with Gasteiger partial charge in [0, 0.05) is 6.54 Å². The van der Waals surface area contributed by atoms with E-state index in [2.05, 4.69) is 5.32 Å². The van der Waals surface area contributed by atoms with Gasteiger partial charge in [-0.2, -0.15) is 0 Å². The molecule has 2 aromatic carbocycles. The van der Waals surface area contributed by atoms with Crippen LogP contribution in [0, 0.1) is 0 Å². The Morgan fingerprint density at radius 2 is 1.83 bits per heavy atom. The van der Waals surface area contributed by atoms with Gasteiger partial charge in [0.15, 0.2) is 0 Å². The van der Waals surface area contributed by atoms with Crippen molar-refractivity contribution in [3.63, 3.8) is 0 Å². The number of likely N-dealkylation sites (tertiary alicyclic amines) is 1. The first kappa shape index (κ1) is 21.2. The van der Waals surface area contributed by atoms with Crippen LogP contribution in [0.25, 0.3) is 0 Å². The van der Waals surface area contributed by atoms with E-state index in [0.717, 1.165) is 18.4 Å². The first-order valence-corrected chi connectivity index (χ1v) is 9.81.